The van der Waals surface area contributed by atoms with Gasteiger partial charge in [0.15, 0.2) is 5.79 Å². The number of anilines is 1. The fourth-order valence-corrected chi connectivity index (χ4v) is 2.57. The van der Waals surface area contributed by atoms with E-state index in [1.165, 1.54) is 0 Å². The molecule has 3 rings (SSSR count). The maximum absolute atomic E-state index is 11.8. The predicted octanol–water partition coefficient (Wildman–Crippen LogP) is 1.97. The number of nitrogens with one attached hydrogen (secondary N) is 1. The smallest absolute Gasteiger partial charge is 0.229 e. The number of ether oxygens (including phenoxy) is 2. The highest BCUT2D eigenvalue weighted by molar-refractivity contribution is 6.31. The lowest BCUT2D eigenvalue weighted by Crippen LogP contribution is -2.35. The average molecular weight is 254 g/mol. The summed E-state index contributed by atoms with van der Waals surface area (Å²) in [5.74, 6) is -0.937. The molecule has 2 aliphatic rings. The molecule has 5 heteroatoms. The van der Waals surface area contributed by atoms with Gasteiger partial charge in [-0.05, 0) is 17.7 Å². The summed E-state index contributed by atoms with van der Waals surface area (Å²) in [6.45, 7) is 1.04. The van der Waals surface area contributed by atoms with E-state index in [9.17, 15) is 4.79 Å². The van der Waals surface area contributed by atoms with Gasteiger partial charge >= 0.3 is 0 Å². The van der Waals surface area contributed by atoms with Crippen LogP contribution in [0.2, 0.25) is 5.02 Å². The lowest BCUT2D eigenvalue weighted by molar-refractivity contribution is -0.165. The van der Waals surface area contributed by atoms with Crippen molar-refractivity contribution in [2.75, 3.05) is 18.5 Å². The quantitative estimate of drug-likeness (QED) is 0.769. The van der Waals surface area contributed by atoms with Gasteiger partial charge < -0.3 is 14.8 Å². The normalized spacial score (nSPS) is 22.1. The Kier molecular flexibility index (Phi) is 2.58. The molecule has 17 heavy (non-hydrogen) atoms. The van der Waals surface area contributed by atoms with E-state index in [0.717, 1.165) is 11.3 Å². The van der Waals surface area contributed by atoms with Crippen molar-refractivity contribution in [3.63, 3.8) is 0 Å². The molecule has 1 saturated heterocycles. The fourth-order valence-electron chi connectivity index (χ4n) is 2.33. The summed E-state index contributed by atoms with van der Waals surface area (Å²) in [5.41, 5.74) is 1.63. The maximum atomic E-state index is 11.8. The molecule has 1 spiro atoms. The third kappa shape index (κ3) is 1.92. The van der Waals surface area contributed by atoms with E-state index in [-0.39, 0.29) is 12.3 Å². The van der Waals surface area contributed by atoms with Crippen LogP contribution < -0.4 is 5.32 Å². The zero-order valence-corrected chi connectivity index (χ0v) is 9.92. The molecule has 1 aromatic rings. The van der Waals surface area contributed by atoms with Crippen molar-refractivity contribution in [1.29, 1.82) is 0 Å². The summed E-state index contributed by atoms with van der Waals surface area (Å²) in [4.78, 5) is 11.8. The lowest BCUT2D eigenvalue weighted by atomic mass is 10.0. The number of hydrogen-bond donors (Lipinski definition) is 1. The van der Waals surface area contributed by atoms with Gasteiger partial charge in [0, 0.05) is 17.1 Å². The van der Waals surface area contributed by atoms with Crippen LogP contribution in [-0.2, 0) is 20.7 Å². The van der Waals surface area contributed by atoms with Gasteiger partial charge in [-0.25, -0.2) is 0 Å². The van der Waals surface area contributed by atoms with Gasteiger partial charge in [-0.2, -0.15) is 0 Å². The van der Waals surface area contributed by atoms with Crippen LogP contribution in [-0.4, -0.2) is 24.9 Å². The van der Waals surface area contributed by atoms with Crippen LogP contribution in [0.5, 0.6) is 0 Å². The Balaban J connectivity index is 2.05. The van der Waals surface area contributed by atoms with Crippen molar-refractivity contribution < 1.29 is 14.3 Å². The van der Waals surface area contributed by atoms with Crippen LogP contribution >= 0.6 is 11.6 Å². The molecule has 1 aromatic carbocycles. The topological polar surface area (TPSA) is 47.6 Å². The largest absolute Gasteiger partial charge is 0.347 e. The molecule has 0 aromatic heterocycles. The highest BCUT2D eigenvalue weighted by Gasteiger charge is 2.42. The molecule has 1 amide bonds. The first-order valence-corrected chi connectivity index (χ1v) is 5.91. The van der Waals surface area contributed by atoms with Crippen LogP contribution in [0.15, 0.2) is 18.2 Å². The predicted molar refractivity (Wildman–Crippen MR) is 63.0 cm³/mol. The molecule has 0 saturated carbocycles. The van der Waals surface area contributed by atoms with Crippen LogP contribution in [0.3, 0.4) is 0 Å². The Bertz CT molecular complexity index is 469. The number of carbonyl (C=O) groups excluding carboxylic acids is 1. The summed E-state index contributed by atoms with van der Waals surface area (Å²) in [6, 6.07) is 5.46. The minimum absolute atomic E-state index is 0.104. The van der Waals surface area contributed by atoms with Crippen LogP contribution in [0.1, 0.15) is 12.0 Å². The third-order valence-electron chi connectivity index (χ3n) is 3.08. The molecule has 90 valence electrons. The maximum Gasteiger partial charge on any atom is 0.229 e. The van der Waals surface area contributed by atoms with Gasteiger partial charge in [0.1, 0.15) is 0 Å². The van der Waals surface area contributed by atoms with Crippen molar-refractivity contribution in [2.45, 2.75) is 18.6 Å². The second-order valence-electron chi connectivity index (χ2n) is 4.28. The average Bonchev–Trinajstić information content (AvgIpc) is 2.65. The second kappa shape index (κ2) is 3.98. The van der Waals surface area contributed by atoms with Crippen molar-refractivity contribution in [2.24, 2.45) is 0 Å². The Morgan fingerprint density at radius 1 is 1.24 bits per heavy atom. The van der Waals surface area contributed by atoms with Crippen LogP contribution in [0.4, 0.5) is 5.69 Å². The van der Waals surface area contributed by atoms with Crippen molar-refractivity contribution in [3.05, 3.63) is 28.8 Å². The zero-order valence-electron chi connectivity index (χ0n) is 9.16. The lowest BCUT2D eigenvalue weighted by Gasteiger charge is -2.24. The van der Waals surface area contributed by atoms with E-state index >= 15 is 0 Å². The van der Waals surface area contributed by atoms with Crippen LogP contribution in [0.25, 0.3) is 0 Å². The van der Waals surface area contributed by atoms with Gasteiger partial charge in [-0.3, -0.25) is 4.79 Å². The first kappa shape index (κ1) is 11.0. The minimum atomic E-state index is -0.833. The summed E-state index contributed by atoms with van der Waals surface area (Å²) in [5, 5.41) is 3.46. The summed E-state index contributed by atoms with van der Waals surface area (Å²) >= 11 is 6.16. The Labute approximate surface area is 104 Å². The monoisotopic (exact) mass is 253 g/mol. The van der Waals surface area contributed by atoms with E-state index < -0.39 is 5.79 Å². The molecule has 4 nitrogen and oxygen atoms in total. The van der Waals surface area contributed by atoms with Crippen molar-refractivity contribution in [1.82, 2.24) is 0 Å². The highest BCUT2D eigenvalue weighted by Crippen LogP contribution is 2.36. The summed E-state index contributed by atoms with van der Waals surface area (Å²) < 4.78 is 11.2. The Morgan fingerprint density at radius 3 is 2.76 bits per heavy atom. The molecule has 1 fully saturated rings. The number of halogens is 1. The Morgan fingerprint density at radius 2 is 2.00 bits per heavy atom. The van der Waals surface area contributed by atoms with Gasteiger partial charge in [-0.15, -0.1) is 0 Å². The first-order chi connectivity index (χ1) is 8.19. The van der Waals surface area contributed by atoms with Crippen molar-refractivity contribution >= 4 is 23.2 Å². The fraction of sp³-hybridized carbons (Fsp3) is 0.417. The minimum Gasteiger partial charge on any atom is -0.347 e. The van der Waals surface area contributed by atoms with Crippen LogP contribution in [0, 0.1) is 0 Å². The van der Waals surface area contributed by atoms with Gasteiger partial charge in [0.05, 0.1) is 19.6 Å². The standard InChI is InChI=1S/C12H12ClNO3/c13-9-2-1-3-10-8(9)6-12(7-11(15)14-10)16-4-5-17-12/h1-3H,4-7H2,(H,14,15). The molecular formula is C12H12ClNO3. The molecule has 0 radical (unpaired) electrons. The summed E-state index contributed by atoms with van der Waals surface area (Å²) in [6.07, 6.45) is 0.707. The number of benzene rings is 1. The number of amides is 1. The zero-order chi connectivity index (χ0) is 11.9. The van der Waals surface area contributed by atoms with Crippen molar-refractivity contribution in [3.8, 4) is 0 Å². The SMILES string of the molecule is O=C1CC2(Cc3c(Cl)cccc3N1)OCCO2. The van der Waals surface area contributed by atoms with Gasteiger partial charge in [0.25, 0.3) is 0 Å². The Hall–Kier alpha value is -1.10. The molecule has 0 atom stereocenters. The number of hydrogen-bond acceptors (Lipinski definition) is 3. The molecule has 0 bridgehead atoms. The molecule has 2 heterocycles. The van der Waals surface area contributed by atoms with E-state index in [0.29, 0.717) is 24.7 Å². The highest BCUT2D eigenvalue weighted by atomic mass is 35.5. The molecule has 2 aliphatic heterocycles. The molecule has 0 unspecified atom stereocenters. The third-order valence-corrected chi connectivity index (χ3v) is 3.44. The van der Waals surface area contributed by atoms with E-state index in [1.54, 1.807) is 6.07 Å². The van der Waals surface area contributed by atoms with E-state index in [2.05, 4.69) is 5.32 Å². The molecule has 0 aliphatic carbocycles. The van der Waals surface area contributed by atoms with Gasteiger partial charge in [-0.1, -0.05) is 17.7 Å². The number of fused-ring (bicyclic) bond motifs is 1. The second-order valence-corrected chi connectivity index (χ2v) is 4.68. The van der Waals surface area contributed by atoms with E-state index in [1.807, 2.05) is 12.1 Å². The van der Waals surface area contributed by atoms with Gasteiger partial charge in [0.2, 0.25) is 5.91 Å². The first-order valence-electron chi connectivity index (χ1n) is 5.54. The number of carbonyl (C=O) groups is 1. The summed E-state index contributed by atoms with van der Waals surface area (Å²) in [7, 11) is 0. The molecule has 1 N–H and O–H groups in total. The van der Waals surface area contributed by atoms with E-state index in [4.69, 9.17) is 21.1 Å². The molecular weight excluding hydrogens is 242 g/mol. The number of rotatable bonds is 0.